The van der Waals surface area contributed by atoms with Crippen molar-refractivity contribution in [3.63, 3.8) is 0 Å². The van der Waals surface area contributed by atoms with Gasteiger partial charge in [0.1, 0.15) is 11.6 Å². The van der Waals surface area contributed by atoms with Crippen molar-refractivity contribution in [3.8, 4) is 0 Å². The van der Waals surface area contributed by atoms with Gasteiger partial charge in [0, 0.05) is 51.2 Å². The van der Waals surface area contributed by atoms with Crippen LogP contribution in [0, 0.1) is 0 Å². The van der Waals surface area contributed by atoms with Crippen LogP contribution >= 0.6 is 11.6 Å². The number of aryl methyl sites for hydroxylation is 1. The summed E-state index contributed by atoms with van der Waals surface area (Å²) in [5.74, 6) is 2.68. The minimum Gasteiger partial charge on any atom is -0.352 e. The molecule has 0 saturated carbocycles. The zero-order chi connectivity index (χ0) is 16.5. The average molecular weight is 344 g/mol. The molecule has 0 radical (unpaired) electrons. The van der Waals surface area contributed by atoms with E-state index < -0.39 is 0 Å². The fraction of sp³-hybridized carbons (Fsp3) is 0.375. The summed E-state index contributed by atoms with van der Waals surface area (Å²) >= 11 is 6.26. The number of hydrogen-bond donors (Lipinski definition) is 0. The Morgan fingerprint density at radius 3 is 2.42 bits per heavy atom. The molecule has 1 aliphatic heterocycles. The molecular formula is C16H18ClN7. The topological polar surface area (TPSA) is 62.5 Å². The summed E-state index contributed by atoms with van der Waals surface area (Å²) in [4.78, 5) is 13.4. The summed E-state index contributed by atoms with van der Waals surface area (Å²) < 4.78 is 2.02. The van der Waals surface area contributed by atoms with Gasteiger partial charge < -0.3 is 9.80 Å². The molecule has 8 heteroatoms. The first-order valence-corrected chi connectivity index (χ1v) is 8.44. The van der Waals surface area contributed by atoms with Gasteiger partial charge in [-0.2, -0.15) is 0 Å². The molecule has 4 rings (SSSR count). The Kier molecular flexibility index (Phi) is 3.93. The number of piperazine rings is 1. The first kappa shape index (κ1) is 15.1. The predicted molar refractivity (Wildman–Crippen MR) is 93.8 cm³/mol. The highest BCUT2D eigenvalue weighted by atomic mass is 35.5. The van der Waals surface area contributed by atoms with E-state index in [0.717, 1.165) is 55.7 Å². The minimum atomic E-state index is 0.691. The Hall–Kier alpha value is -2.41. The maximum Gasteiger partial charge on any atom is 0.203 e. The average Bonchev–Trinajstić information content (AvgIpc) is 3.05. The number of aromatic nitrogens is 5. The van der Waals surface area contributed by atoms with Gasteiger partial charge in [-0.1, -0.05) is 18.5 Å². The van der Waals surface area contributed by atoms with E-state index in [-0.39, 0.29) is 0 Å². The maximum atomic E-state index is 6.26. The van der Waals surface area contributed by atoms with Crippen LogP contribution in [0.5, 0.6) is 0 Å². The van der Waals surface area contributed by atoms with Crippen LogP contribution in [-0.4, -0.2) is 50.7 Å². The van der Waals surface area contributed by atoms with Gasteiger partial charge in [-0.15, -0.1) is 10.2 Å². The molecule has 24 heavy (non-hydrogen) atoms. The molecule has 0 aliphatic carbocycles. The van der Waals surface area contributed by atoms with E-state index in [1.165, 1.54) is 0 Å². The zero-order valence-electron chi connectivity index (χ0n) is 13.4. The molecule has 0 N–H and O–H groups in total. The van der Waals surface area contributed by atoms with Gasteiger partial charge in [0.2, 0.25) is 5.65 Å². The van der Waals surface area contributed by atoms with Crippen LogP contribution in [-0.2, 0) is 6.42 Å². The van der Waals surface area contributed by atoms with Crippen molar-refractivity contribution >= 4 is 28.9 Å². The third-order valence-corrected chi connectivity index (χ3v) is 4.61. The molecule has 0 spiro atoms. The Balaban J connectivity index is 1.56. The van der Waals surface area contributed by atoms with Crippen molar-refractivity contribution < 1.29 is 0 Å². The van der Waals surface area contributed by atoms with Crippen molar-refractivity contribution in [2.75, 3.05) is 36.0 Å². The molecule has 0 aromatic carbocycles. The summed E-state index contributed by atoms with van der Waals surface area (Å²) in [6, 6.07) is 3.73. The Morgan fingerprint density at radius 1 is 1.00 bits per heavy atom. The van der Waals surface area contributed by atoms with Crippen LogP contribution in [0.2, 0.25) is 5.02 Å². The van der Waals surface area contributed by atoms with E-state index in [0.29, 0.717) is 5.02 Å². The number of rotatable bonds is 3. The largest absolute Gasteiger partial charge is 0.352 e. The summed E-state index contributed by atoms with van der Waals surface area (Å²) in [7, 11) is 0. The molecule has 0 amide bonds. The van der Waals surface area contributed by atoms with Crippen LogP contribution in [0.15, 0.2) is 30.7 Å². The highest BCUT2D eigenvalue weighted by molar-refractivity contribution is 6.32. The highest BCUT2D eigenvalue weighted by Crippen LogP contribution is 2.25. The van der Waals surface area contributed by atoms with Gasteiger partial charge in [0.15, 0.2) is 5.82 Å². The molecule has 124 valence electrons. The standard InChI is InChI=1S/C16H18ClN7/c1-2-13-20-21-16-15(19-6-7-24(13)16)23-10-8-22(9-11-23)14-12(17)4-3-5-18-14/h3-7H,2,8-11H2,1H3. The molecule has 1 fully saturated rings. The fourth-order valence-corrected chi connectivity index (χ4v) is 3.31. The van der Waals surface area contributed by atoms with Gasteiger partial charge in [0.05, 0.1) is 5.02 Å². The van der Waals surface area contributed by atoms with Crippen LogP contribution in [0.1, 0.15) is 12.7 Å². The van der Waals surface area contributed by atoms with Gasteiger partial charge in [-0.25, -0.2) is 9.97 Å². The van der Waals surface area contributed by atoms with Crippen LogP contribution < -0.4 is 9.80 Å². The zero-order valence-corrected chi connectivity index (χ0v) is 14.2. The maximum absolute atomic E-state index is 6.26. The van der Waals surface area contributed by atoms with Crippen molar-refractivity contribution in [2.24, 2.45) is 0 Å². The van der Waals surface area contributed by atoms with Gasteiger partial charge in [-0.3, -0.25) is 4.40 Å². The molecule has 7 nitrogen and oxygen atoms in total. The third kappa shape index (κ3) is 2.54. The molecule has 0 bridgehead atoms. The van der Waals surface area contributed by atoms with E-state index in [1.807, 2.05) is 28.9 Å². The van der Waals surface area contributed by atoms with Crippen LogP contribution in [0.4, 0.5) is 11.6 Å². The lowest BCUT2D eigenvalue weighted by Crippen LogP contribution is -2.47. The SMILES string of the molecule is CCc1nnc2c(N3CCN(c4ncccc4Cl)CC3)nccn12. The molecular weight excluding hydrogens is 326 g/mol. The number of anilines is 2. The Morgan fingerprint density at radius 2 is 1.71 bits per heavy atom. The van der Waals surface area contributed by atoms with Crippen LogP contribution in [0.3, 0.4) is 0 Å². The van der Waals surface area contributed by atoms with E-state index in [2.05, 4.69) is 36.9 Å². The van der Waals surface area contributed by atoms with E-state index in [4.69, 9.17) is 11.6 Å². The van der Waals surface area contributed by atoms with Gasteiger partial charge in [0.25, 0.3) is 0 Å². The van der Waals surface area contributed by atoms with E-state index >= 15 is 0 Å². The molecule has 1 saturated heterocycles. The number of hydrogen-bond acceptors (Lipinski definition) is 6. The number of fused-ring (bicyclic) bond motifs is 1. The van der Waals surface area contributed by atoms with E-state index in [9.17, 15) is 0 Å². The lowest BCUT2D eigenvalue weighted by Gasteiger charge is -2.36. The first-order chi connectivity index (χ1) is 11.8. The second-order valence-corrected chi connectivity index (χ2v) is 6.10. The van der Waals surface area contributed by atoms with Crippen molar-refractivity contribution in [2.45, 2.75) is 13.3 Å². The molecule has 0 atom stereocenters. The van der Waals surface area contributed by atoms with Crippen molar-refractivity contribution in [3.05, 3.63) is 41.6 Å². The van der Waals surface area contributed by atoms with Gasteiger partial charge in [-0.05, 0) is 12.1 Å². The summed E-state index contributed by atoms with van der Waals surface area (Å²) in [6.45, 7) is 5.44. The molecule has 0 unspecified atom stereocenters. The van der Waals surface area contributed by atoms with E-state index in [1.54, 1.807) is 6.20 Å². The lowest BCUT2D eigenvalue weighted by molar-refractivity contribution is 0.642. The van der Waals surface area contributed by atoms with Crippen LogP contribution in [0.25, 0.3) is 5.65 Å². The molecule has 3 aromatic rings. The fourth-order valence-electron chi connectivity index (χ4n) is 3.07. The monoisotopic (exact) mass is 343 g/mol. The van der Waals surface area contributed by atoms with Crippen molar-refractivity contribution in [1.82, 2.24) is 24.6 Å². The predicted octanol–water partition coefficient (Wildman–Crippen LogP) is 2.06. The Labute approximate surface area is 144 Å². The molecule has 1 aliphatic rings. The molecule has 3 aromatic heterocycles. The second-order valence-electron chi connectivity index (χ2n) is 5.70. The second kappa shape index (κ2) is 6.24. The molecule has 4 heterocycles. The normalized spacial score (nSPS) is 15.2. The lowest BCUT2D eigenvalue weighted by atomic mass is 10.3. The quantitative estimate of drug-likeness (QED) is 0.725. The van der Waals surface area contributed by atoms with Crippen molar-refractivity contribution in [1.29, 1.82) is 0 Å². The number of pyridine rings is 1. The summed E-state index contributed by atoms with van der Waals surface area (Å²) in [6.07, 6.45) is 6.35. The third-order valence-electron chi connectivity index (χ3n) is 4.31. The minimum absolute atomic E-state index is 0.691. The summed E-state index contributed by atoms with van der Waals surface area (Å²) in [5, 5.41) is 9.26. The van der Waals surface area contributed by atoms with Gasteiger partial charge >= 0.3 is 0 Å². The first-order valence-electron chi connectivity index (χ1n) is 8.07. The number of nitrogens with zero attached hydrogens (tertiary/aromatic N) is 7. The Bertz CT molecular complexity index is 855. The highest BCUT2D eigenvalue weighted by Gasteiger charge is 2.23. The smallest absolute Gasteiger partial charge is 0.203 e. The number of halogens is 1. The summed E-state index contributed by atoms with van der Waals surface area (Å²) in [5.41, 5.74) is 0.818.